The van der Waals surface area contributed by atoms with Gasteiger partial charge in [0, 0.05) is 2.74 Å². The Labute approximate surface area is 54.4 Å². The van der Waals surface area contributed by atoms with Crippen molar-refractivity contribution in [1.82, 2.24) is 0 Å². The molecule has 8 heavy (non-hydrogen) atoms. The molecule has 1 saturated carbocycles. The second kappa shape index (κ2) is 1.61. The van der Waals surface area contributed by atoms with Crippen molar-refractivity contribution in [3.8, 4) is 0 Å². The lowest BCUT2D eigenvalue weighted by atomic mass is 9.65. The number of allylic oxidation sites excluding steroid dienone is 1. The third kappa shape index (κ3) is 0.936. The zero-order valence-corrected chi connectivity index (χ0v) is 5.57. The summed E-state index contributed by atoms with van der Waals surface area (Å²) in [4.78, 5) is 0. The molecule has 0 spiro atoms. The van der Waals surface area contributed by atoms with Crippen LogP contribution in [0.5, 0.6) is 0 Å². The molecular formula is C8H14. The first-order valence-electron chi connectivity index (χ1n) is 4.04. The van der Waals surface area contributed by atoms with Gasteiger partial charge in [-0.15, -0.1) is 6.58 Å². The average Bonchev–Trinajstić information content (AvgIpc) is 1.83. The van der Waals surface area contributed by atoms with Crippen LogP contribution in [0.4, 0.5) is 0 Å². The molecule has 1 aliphatic rings. The van der Waals surface area contributed by atoms with E-state index >= 15 is 0 Å². The fraction of sp³-hybridized carbons (Fsp3) is 0.750. The van der Waals surface area contributed by atoms with E-state index < -0.39 is 6.37 Å². The predicted octanol–water partition coefficient (Wildman–Crippen LogP) is 2.61. The quantitative estimate of drug-likeness (QED) is 0.457. The Balaban J connectivity index is 2.73. The van der Waals surface area contributed by atoms with E-state index in [9.17, 15) is 0 Å². The molecule has 0 heteroatoms. The van der Waals surface area contributed by atoms with Crippen LogP contribution in [0, 0.1) is 11.3 Å². The summed E-state index contributed by atoms with van der Waals surface area (Å²) >= 11 is 0. The molecule has 1 atom stereocenters. The second-order valence-corrected chi connectivity index (χ2v) is 3.07. The van der Waals surface area contributed by atoms with Crippen molar-refractivity contribution in [3.63, 3.8) is 0 Å². The molecule has 0 saturated heterocycles. The zero-order chi connectivity index (χ0) is 7.99. The molecule has 0 N–H and O–H groups in total. The van der Waals surface area contributed by atoms with E-state index in [1.54, 1.807) is 6.08 Å². The molecule has 0 aromatic rings. The number of hydrogen-bond acceptors (Lipinski definition) is 0. The van der Waals surface area contributed by atoms with Crippen molar-refractivity contribution in [1.29, 1.82) is 0 Å². The Kier molecular flexibility index (Phi) is 0.746. The molecule has 0 radical (unpaired) electrons. The van der Waals surface area contributed by atoms with Gasteiger partial charge in [0.05, 0.1) is 0 Å². The SMILES string of the molecule is [2H]C1([2H])C(C=C)CC1(C)C. The van der Waals surface area contributed by atoms with E-state index in [1.807, 2.05) is 13.8 Å². The molecule has 0 aromatic carbocycles. The van der Waals surface area contributed by atoms with Gasteiger partial charge in [-0.3, -0.25) is 0 Å². The van der Waals surface area contributed by atoms with Crippen LogP contribution in [0.2, 0.25) is 0 Å². The van der Waals surface area contributed by atoms with Gasteiger partial charge in [-0.2, -0.15) is 0 Å². The standard InChI is InChI=1S/C8H14/c1-4-7-5-8(2,3)6-7/h4,7H,1,5-6H2,2-3H3/i5D2. The molecule has 1 unspecified atom stereocenters. The maximum atomic E-state index is 7.62. The Morgan fingerprint density at radius 3 is 2.62 bits per heavy atom. The van der Waals surface area contributed by atoms with Crippen molar-refractivity contribution in [2.45, 2.75) is 26.6 Å². The van der Waals surface area contributed by atoms with Gasteiger partial charge in [-0.05, 0) is 24.1 Å². The van der Waals surface area contributed by atoms with E-state index in [0.717, 1.165) is 6.42 Å². The fourth-order valence-electron chi connectivity index (χ4n) is 1.17. The zero-order valence-electron chi connectivity index (χ0n) is 7.57. The highest BCUT2D eigenvalue weighted by atomic mass is 14.4. The van der Waals surface area contributed by atoms with Crippen molar-refractivity contribution >= 4 is 0 Å². The second-order valence-electron chi connectivity index (χ2n) is 3.07. The lowest BCUT2D eigenvalue weighted by Gasteiger charge is -2.40. The maximum absolute atomic E-state index is 7.62. The summed E-state index contributed by atoms with van der Waals surface area (Å²) in [6.07, 6.45) is 1.63. The van der Waals surface area contributed by atoms with E-state index in [2.05, 4.69) is 6.58 Å². The van der Waals surface area contributed by atoms with Crippen LogP contribution in [0.1, 0.15) is 29.4 Å². The highest BCUT2D eigenvalue weighted by Crippen LogP contribution is 2.44. The average molecular weight is 112 g/mol. The monoisotopic (exact) mass is 112 g/mol. The molecule has 1 aliphatic carbocycles. The van der Waals surface area contributed by atoms with Crippen molar-refractivity contribution < 1.29 is 2.74 Å². The summed E-state index contributed by atoms with van der Waals surface area (Å²) < 4.78 is 15.2. The number of rotatable bonds is 1. The Hall–Kier alpha value is -0.260. The maximum Gasteiger partial charge on any atom is 0.0278 e. The Bertz CT molecular complexity index is 159. The van der Waals surface area contributed by atoms with Gasteiger partial charge in [-0.25, -0.2) is 0 Å². The topological polar surface area (TPSA) is 0 Å². The third-order valence-corrected chi connectivity index (χ3v) is 1.59. The van der Waals surface area contributed by atoms with Gasteiger partial charge in [0.2, 0.25) is 0 Å². The van der Waals surface area contributed by atoms with Crippen LogP contribution in [0.25, 0.3) is 0 Å². The first kappa shape index (κ1) is 3.71. The van der Waals surface area contributed by atoms with Crippen LogP contribution in [-0.4, -0.2) is 0 Å². The highest BCUT2D eigenvalue weighted by Gasteiger charge is 2.33. The van der Waals surface area contributed by atoms with E-state index in [-0.39, 0.29) is 11.3 Å². The van der Waals surface area contributed by atoms with Gasteiger partial charge < -0.3 is 0 Å². The van der Waals surface area contributed by atoms with Crippen LogP contribution in [0.3, 0.4) is 0 Å². The molecule has 1 fully saturated rings. The summed E-state index contributed by atoms with van der Waals surface area (Å²) in [5.41, 5.74) is -0.147. The van der Waals surface area contributed by atoms with Crippen LogP contribution >= 0.6 is 0 Å². The molecule has 0 amide bonds. The molecule has 0 aliphatic heterocycles. The summed E-state index contributed by atoms with van der Waals surface area (Å²) in [6.45, 7) is 7.53. The Morgan fingerprint density at radius 2 is 2.50 bits per heavy atom. The van der Waals surface area contributed by atoms with Crippen LogP contribution in [-0.2, 0) is 0 Å². The van der Waals surface area contributed by atoms with Gasteiger partial charge >= 0.3 is 0 Å². The molecule has 46 valence electrons. The molecule has 1 rings (SSSR count). The summed E-state index contributed by atoms with van der Waals surface area (Å²) in [5.74, 6) is 0.0718. The summed E-state index contributed by atoms with van der Waals surface area (Å²) in [6, 6.07) is 0. The predicted molar refractivity (Wildman–Crippen MR) is 36.7 cm³/mol. The van der Waals surface area contributed by atoms with Crippen LogP contribution < -0.4 is 0 Å². The first-order chi connectivity index (χ1) is 4.42. The summed E-state index contributed by atoms with van der Waals surface area (Å²) in [5, 5.41) is 0. The molecule has 0 heterocycles. The van der Waals surface area contributed by atoms with Crippen molar-refractivity contribution in [2.24, 2.45) is 11.3 Å². The van der Waals surface area contributed by atoms with Gasteiger partial charge in [0.1, 0.15) is 0 Å². The molecule has 0 aromatic heterocycles. The van der Waals surface area contributed by atoms with Crippen LogP contribution in [0.15, 0.2) is 12.7 Å². The van der Waals surface area contributed by atoms with Gasteiger partial charge in [0.25, 0.3) is 0 Å². The minimum atomic E-state index is -1.03. The highest BCUT2D eigenvalue weighted by molar-refractivity contribution is 4.95. The molecule has 0 bridgehead atoms. The minimum absolute atomic E-state index is 0.0718. The normalized spacial score (nSPS) is 43.5. The largest absolute Gasteiger partial charge is 0.103 e. The summed E-state index contributed by atoms with van der Waals surface area (Å²) in [7, 11) is 0. The molecule has 0 nitrogen and oxygen atoms in total. The van der Waals surface area contributed by atoms with E-state index in [1.165, 1.54) is 0 Å². The van der Waals surface area contributed by atoms with E-state index in [4.69, 9.17) is 2.74 Å². The Morgan fingerprint density at radius 1 is 1.88 bits per heavy atom. The third-order valence-electron chi connectivity index (χ3n) is 1.59. The van der Waals surface area contributed by atoms with Gasteiger partial charge in [-0.1, -0.05) is 19.9 Å². The van der Waals surface area contributed by atoms with Gasteiger partial charge in [0.15, 0.2) is 0 Å². The number of hydrogen-bond donors (Lipinski definition) is 0. The fourth-order valence-corrected chi connectivity index (χ4v) is 1.17. The van der Waals surface area contributed by atoms with Crippen molar-refractivity contribution in [3.05, 3.63) is 12.7 Å². The molecular weight excluding hydrogens is 96.1 g/mol. The van der Waals surface area contributed by atoms with Crippen molar-refractivity contribution in [2.75, 3.05) is 0 Å². The lowest BCUT2D eigenvalue weighted by molar-refractivity contribution is 0.132. The first-order valence-corrected chi connectivity index (χ1v) is 3.04. The smallest absolute Gasteiger partial charge is 0.0278 e. The minimum Gasteiger partial charge on any atom is -0.103 e. The van der Waals surface area contributed by atoms with E-state index in [0.29, 0.717) is 0 Å². The lowest BCUT2D eigenvalue weighted by Crippen LogP contribution is -2.29.